The Balaban J connectivity index is 2.35. The minimum atomic E-state index is -0.203. The standard InChI is InChI=1S/C11H6ClN3O2/c12-7-4-9(16)11(15-6-7)17-10-2-1-3-14-8(10)5-13/h1-4,6,16H. The first-order valence-electron chi connectivity index (χ1n) is 4.58. The molecule has 2 rings (SSSR count). The molecule has 0 aliphatic heterocycles. The van der Waals surface area contributed by atoms with E-state index in [2.05, 4.69) is 9.97 Å². The van der Waals surface area contributed by atoms with Crippen LogP contribution < -0.4 is 4.74 Å². The summed E-state index contributed by atoms with van der Waals surface area (Å²) in [4.78, 5) is 7.63. The van der Waals surface area contributed by atoms with Crippen molar-refractivity contribution >= 4 is 11.6 Å². The largest absolute Gasteiger partial charge is 0.503 e. The third-order valence-electron chi connectivity index (χ3n) is 1.88. The predicted octanol–water partition coefficient (Wildman–Crippen LogP) is 2.50. The van der Waals surface area contributed by atoms with Crippen LogP contribution in [-0.4, -0.2) is 15.1 Å². The first-order chi connectivity index (χ1) is 8.20. The van der Waals surface area contributed by atoms with E-state index < -0.39 is 0 Å². The molecule has 84 valence electrons. The summed E-state index contributed by atoms with van der Waals surface area (Å²) in [7, 11) is 0. The number of hydrogen-bond donors (Lipinski definition) is 1. The van der Waals surface area contributed by atoms with Crippen molar-refractivity contribution in [2.45, 2.75) is 0 Å². The van der Waals surface area contributed by atoms with E-state index in [0.717, 1.165) is 0 Å². The Kier molecular flexibility index (Phi) is 3.08. The molecule has 0 atom stereocenters. The van der Waals surface area contributed by atoms with Crippen molar-refractivity contribution in [2.24, 2.45) is 0 Å². The molecule has 0 saturated heterocycles. The van der Waals surface area contributed by atoms with E-state index in [4.69, 9.17) is 21.6 Å². The number of nitrogens with zero attached hydrogens (tertiary/aromatic N) is 3. The molecule has 0 fully saturated rings. The summed E-state index contributed by atoms with van der Waals surface area (Å²) in [5.74, 6) is -0.00994. The number of rotatable bonds is 2. The normalized spacial score (nSPS) is 9.65. The summed E-state index contributed by atoms with van der Waals surface area (Å²) in [5, 5.41) is 18.6. The minimum Gasteiger partial charge on any atom is -0.503 e. The zero-order valence-electron chi connectivity index (χ0n) is 8.46. The van der Waals surface area contributed by atoms with Gasteiger partial charge < -0.3 is 9.84 Å². The van der Waals surface area contributed by atoms with Gasteiger partial charge in [0.1, 0.15) is 6.07 Å². The predicted molar refractivity (Wildman–Crippen MR) is 59.9 cm³/mol. The van der Waals surface area contributed by atoms with Crippen LogP contribution in [0.25, 0.3) is 0 Å². The maximum atomic E-state index is 9.54. The van der Waals surface area contributed by atoms with Crippen LogP contribution in [0.4, 0.5) is 0 Å². The molecule has 0 aliphatic carbocycles. The average molecular weight is 248 g/mol. The first kappa shape index (κ1) is 11.2. The van der Waals surface area contributed by atoms with E-state index in [-0.39, 0.29) is 23.1 Å². The van der Waals surface area contributed by atoms with Crippen molar-refractivity contribution in [1.29, 1.82) is 5.26 Å². The summed E-state index contributed by atoms with van der Waals surface area (Å²) in [6.07, 6.45) is 2.81. The molecular weight excluding hydrogens is 242 g/mol. The Hall–Kier alpha value is -2.32. The molecule has 1 N–H and O–H groups in total. The van der Waals surface area contributed by atoms with E-state index in [1.54, 1.807) is 12.1 Å². The van der Waals surface area contributed by atoms with Gasteiger partial charge in [-0.15, -0.1) is 0 Å². The molecule has 0 unspecified atom stereocenters. The zero-order valence-corrected chi connectivity index (χ0v) is 9.22. The number of halogens is 1. The molecule has 0 aliphatic rings. The minimum absolute atomic E-state index is 0.0288. The van der Waals surface area contributed by atoms with Crippen LogP contribution in [0.2, 0.25) is 5.02 Å². The van der Waals surface area contributed by atoms with Crippen molar-refractivity contribution in [3.05, 3.63) is 41.3 Å². The molecule has 0 amide bonds. The van der Waals surface area contributed by atoms with Crippen molar-refractivity contribution < 1.29 is 9.84 Å². The maximum Gasteiger partial charge on any atom is 0.262 e. The lowest BCUT2D eigenvalue weighted by atomic mass is 10.3. The van der Waals surface area contributed by atoms with Crippen molar-refractivity contribution in [2.75, 3.05) is 0 Å². The average Bonchev–Trinajstić information content (AvgIpc) is 2.33. The maximum absolute atomic E-state index is 9.54. The molecule has 2 heterocycles. The second-order valence-corrected chi connectivity index (χ2v) is 3.48. The molecule has 6 heteroatoms. The van der Waals surface area contributed by atoms with Gasteiger partial charge in [0.2, 0.25) is 0 Å². The molecule has 2 aromatic heterocycles. The highest BCUT2D eigenvalue weighted by molar-refractivity contribution is 6.30. The topological polar surface area (TPSA) is 79.0 Å². The fourth-order valence-corrected chi connectivity index (χ4v) is 1.31. The van der Waals surface area contributed by atoms with Gasteiger partial charge in [0.25, 0.3) is 5.88 Å². The van der Waals surface area contributed by atoms with E-state index in [1.165, 1.54) is 18.5 Å². The number of hydrogen-bond acceptors (Lipinski definition) is 5. The summed E-state index contributed by atoms with van der Waals surface area (Å²) >= 11 is 5.64. The van der Waals surface area contributed by atoms with Gasteiger partial charge in [-0.1, -0.05) is 11.6 Å². The van der Waals surface area contributed by atoms with Crippen LogP contribution in [0.15, 0.2) is 30.6 Å². The van der Waals surface area contributed by atoms with Crippen molar-refractivity contribution in [3.63, 3.8) is 0 Å². The molecular formula is C11H6ClN3O2. The molecule has 17 heavy (non-hydrogen) atoms. The summed E-state index contributed by atoms with van der Waals surface area (Å²) in [6.45, 7) is 0. The molecule has 0 radical (unpaired) electrons. The first-order valence-corrected chi connectivity index (χ1v) is 4.96. The van der Waals surface area contributed by atoms with Gasteiger partial charge in [-0.05, 0) is 12.1 Å². The smallest absolute Gasteiger partial charge is 0.262 e. The van der Waals surface area contributed by atoms with Gasteiger partial charge >= 0.3 is 0 Å². The Morgan fingerprint density at radius 1 is 1.41 bits per heavy atom. The number of aromatic hydroxyl groups is 1. The van der Waals surface area contributed by atoms with Gasteiger partial charge in [0, 0.05) is 18.5 Å². The molecule has 5 nitrogen and oxygen atoms in total. The number of nitriles is 1. The lowest BCUT2D eigenvalue weighted by Crippen LogP contribution is -1.92. The molecule has 0 spiro atoms. The van der Waals surface area contributed by atoms with E-state index in [0.29, 0.717) is 5.02 Å². The lowest BCUT2D eigenvalue weighted by Gasteiger charge is -2.06. The second kappa shape index (κ2) is 4.68. The molecule has 0 saturated carbocycles. The third-order valence-corrected chi connectivity index (χ3v) is 2.09. The number of ether oxygens (including phenoxy) is 1. The van der Waals surface area contributed by atoms with Gasteiger partial charge in [0.05, 0.1) is 5.02 Å². The van der Waals surface area contributed by atoms with E-state index in [1.807, 2.05) is 6.07 Å². The SMILES string of the molecule is N#Cc1ncccc1Oc1ncc(Cl)cc1O. The van der Waals surface area contributed by atoms with Crippen LogP contribution >= 0.6 is 11.6 Å². The summed E-state index contributed by atoms with van der Waals surface area (Å²) in [6, 6.07) is 6.34. The quantitative estimate of drug-likeness (QED) is 0.882. The second-order valence-electron chi connectivity index (χ2n) is 3.04. The van der Waals surface area contributed by atoms with Crippen LogP contribution in [0, 0.1) is 11.3 Å². The van der Waals surface area contributed by atoms with Crippen molar-refractivity contribution in [3.8, 4) is 23.4 Å². The summed E-state index contributed by atoms with van der Waals surface area (Å²) in [5.41, 5.74) is 0.114. The monoisotopic (exact) mass is 247 g/mol. The Labute approximate surface area is 102 Å². The van der Waals surface area contributed by atoms with Gasteiger partial charge in [-0.25, -0.2) is 9.97 Å². The highest BCUT2D eigenvalue weighted by atomic mass is 35.5. The fourth-order valence-electron chi connectivity index (χ4n) is 1.16. The van der Waals surface area contributed by atoms with Crippen molar-refractivity contribution in [1.82, 2.24) is 9.97 Å². The van der Waals surface area contributed by atoms with Gasteiger partial charge in [0.15, 0.2) is 17.2 Å². The van der Waals surface area contributed by atoms with Crippen LogP contribution in [0.1, 0.15) is 5.69 Å². The Morgan fingerprint density at radius 3 is 2.94 bits per heavy atom. The van der Waals surface area contributed by atoms with Crippen LogP contribution in [0.5, 0.6) is 17.4 Å². The van der Waals surface area contributed by atoms with E-state index in [9.17, 15) is 5.11 Å². The van der Waals surface area contributed by atoms with Gasteiger partial charge in [-0.3, -0.25) is 0 Å². The molecule has 2 aromatic rings. The van der Waals surface area contributed by atoms with Crippen LogP contribution in [0.3, 0.4) is 0 Å². The van der Waals surface area contributed by atoms with Gasteiger partial charge in [-0.2, -0.15) is 5.26 Å². The lowest BCUT2D eigenvalue weighted by molar-refractivity contribution is 0.396. The van der Waals surface area contributed by atoms with Crippen LogP contribution in [-0.2, 0) is 0 Å². The fraction of sp³-hybridized carbons (Fsp3) is 0. The highest BCUT2D eigenvalue weighted by Crippen LogP contribution is 2.30. The molecule has 0 bridgehead atoms. The Bertz CT molecular complexity index is 596. The third kappa shape index (κ3) is 2.44. The zero-order chi connectivity index (χ0) is 12.3. The number of aromatic nitrogens is 2. The highest BCUT2D eigenvalue weighted by Gasteiger charge is 2.10. The molecule has 0 aromatic carbocycles. The number of pyridine rings is 2. The summed E-state index contributed by atoms with van der Waals surface area (Å²) < 4.78 is 5.28. The van der Waals surface area contributed by atoms with E-state index >= 15 is 0 Å². The Morgan fingerprint density at radius 2 is 2.24 bits per heavy atom.